The van der Waals surface area contributed by atoms with Crippen LogP contribution in [0, 0.1) is 0 Å². The fraction of sp³-hybridized carbons (Fsp3) is 0.588. The van der Waals surface area contributed by atoms with Crippen molar-refractivity contribution in [3.05, 3.63) is 28.8 Å². The van der Waals surface area contributed by atoms with Crippen molar-refractivity contribution in [2.45, 2.75) is 50.2 Å². The molecule has 4 nitrogen and oxygen atoms in total. The fourth-order valence-electron chi connectivity index (χ4n) is 2.45. The predicted octanol–water partition coefficient (Wildman–Crippen LogP) is 4.38. The Labute approximate surface area is 147 Å². The van der Waals surface area contributed by atoms with E-state index in [9.17, 15) is 4.79 Å². The molecular formula is C17H25ClN2O2S. The van der Waals surface area contributed by atoms with Crippen molar-refractivity contribution in [3.63, 3.8) is 0 Å². The van der Waals surface area contributed by atoms with Gasteiger partial charge in [-0.1, -0.05) is 11.6 Å². The number of benzene rings is 1. The lowest BCUT2D eigenvalue weighted by molar-refractivity contribution is 0.0527. The van der Waals surface area contributed by atoms with Gasteiger partial charge in [0.25, 0.3) is 0 Å². The molecule has 1 aliphatic rings. The molecule has 0 aromatic heterocycles. The molecule has 0 aliphatic carbocycles. The lowest BCUT2D eigenvalue weighted by Crippen LogP contribution is -2.34. The Balaban J connectivity index is 1.72. The summed E-state index contributed by atoms with van der Waals surface area (Å²) in [5.74, 6) is 1.11. The van der Waals surface area contributed by atoms with Gasteiger partial charge in [-0.05, 0) is 69.7 Å². The molecule has 1 aromatic rings. The standard InChI is InChI=1S/C17H25ClN2O2S/c1-17(2,3)22-16(21)20-9-4-8-19-14-7-10-23-15-6-5-12(18)11-13(14)15/h5-6,11,14,19H,4,7-10H2,1-3H3,(H,20,21). The summed E-state index contributed by atoms with van der Waals surface area (Å²) in [7, 11) is 0. The SMILES string of the molecule is CC(C)(C)OC(=O)NCCCNC1CCSc2ccc(Cl)cc21. The van der Waals surface area contributed by atoms with Crippen LogP contribution in [-0.2, 0) is 4.74 Å². The maximum absolute atomic E-state index is 11.6. The molecular weight excluding hydrogens is 332 g/mol. The molecule has 0 bridgehead atoms. The largest absolute Gasteiger partial charge is 0.444 e. The number of halogens is 1. The molecule has 0 saturated carbocycles. The van der Waals surface area contributed by atoms with Gasteiger partial charge >= 0.3 is 6.09 Å². The van der Waals surface area contributed by atoms with E-state index in [1.165, 1.54) is 10.5 Å². The van der Waals surface area contributed by atoms with Gasteiger partial charge in [-0.2, -0.15) is 0 Å². The van der Waals surface area contributed by atoms with Gasteiger partial charge < -0.3 is 15.4 Å². The molecule has 0 spiro atoms. The molecule has 128 valence electrons. The summed E-state index contributed by atoms with van der Waals surface area (Å²) in [6.07, 6.45) is 1.60. The molecule has 2 N–H and O–H groups in total. The maximum atomic E-state index is 11.6. The number of ether oxygens (including phenoxy) is 1. The van der Waals surface area contributed by atoms with E-state index in [0.717, 1.165) is 30.2 Å². The number of carbonyl (C=O) groups excluding carboxylic acids is 1. The zero-order chi connectivity index (χ0) is 16.9. The highest BCUT2D eigenvalue weighted by Gasteiger charge is 2.20. The van der Waals surface area contributed by atoms with E-state index in [-0.39, 0.29) is 6.09 Å². The van der Waals surface area contributed by atoms with Crippen molar-refractivity contribution in [3.8, 4) is 0 Å². The number of alkyl carbamates (subject to hydrolysis) is 1. The number of carbonyl (C=O) groups is 1. The zero-order valence-electron chi connectivity index (χ0n) is 13.9. The minimum atomic E-state index is -0.453. The second-order valence-electron chi connectivity index (χ2n) is 6.61. The van der Waals surface area contributed by atoms with Crippen molar-refractivity contribution >= 4 is 29.5 Å². The highest BCUT2D eigenvalue weighted by Crippen LogP contribution is 2.37. The van der Waals surface area contributed by atoms with Crippen LogP contribution in [0.3, 0.4) is 0 Å². The summed E-state index contributed by atoms with van der Waals surface area (Å²) in [6, 6.07) is 6.44. The molecule has 1 aliphatic heterocycles. The van der Waals surface area contributed by atoms with Crippen LogP contribution in [0.15, 0.2) is 23.1 Å². The van der Waals surface area contributed by atoms with Crippen molar-refractivity contribution in [1.82, 2.24) is 10.6 Å². The molecule has 6 heteroatoms. The van der Waals surface area contributed by atoms with Crippen LogP contribution in [0.4, 0.5) is 4.79 Å². The number of thioether (sulfide) groups is 1. The molecule has 1 heterocycles. The summed E-state index contributed by atoms with van der Waals surface area (Å²) >= 11 is 8.00. The highest BCUT2D eigenvalue weighted by atomic mass is 35.5. The molecule has 0 radical (unpaired) electrons. The molecule has 1 amide bonds. The normalized spacial score (nSPS) is 17.5. The van der Waals surface area contributed by atoms with Gasteiger partial charge in [0.15, 0.2) is 0 Å². The van der Waals surface area contributed by atoms with Crippen molar-refractivity contribution < 1.29 is 9.53 Å². The van der Waals surface area contributed by atoms with Crippen molar-refractivity contribution in [1.29, 1.82) is 0 Å². The Bertz CT molecular complexity index is 546. The zero-order valence-corrected chi connectivity index (χ0v) is 15.5. The Morgan fingerprint density at radius 3 is 2.91 bits per heavy atom. The van der Waals surface area contributed by atoms with Crippen LogP contribution in [0.5, 0.6) is 0 Å². The summed E-state index contributed by atoms with van der Waals surface area (Å²) in [5.41, 5.74) is 0.833. The van der Waals surface area contributed by atoms with E-state index >= 15 is 0 Å². The van der Waals surface area contributed by atoms with Crippen LogP contribution in [-0.4, -0.2) is 30.5 Å². The quantitative estimate of drug-likeness (QED) is 0.768. The Hall–Kier alpha value is -0.910. The second kappa shape index (κ2) is 8.27. The third-order valence-corrected chi connectivity index (χ3v) is 4.78. The van der Waals surface area contributed by atoms with Gasteiger partial charge in [0.1, 0.15) is 5.60 Å². The Morgan fingerprint density at radius 1 is 1.39 bits per heavy atom. The first-order valence-electron chi connectivity index (χ1n) is 7.97. The summed E-state index contributed by atoms with van der Waals surface area (Å²) in [4.78, 5) is 12.9. The molecule has 1 aromatic carbocycles. The summed E-state index contributed by atoms with van der Waals surface area (Å²) in [6.45, 7) is 7.02. The summed E-state index contributed by atoms with van der Waals surface area (Å²) < 4.78 is 5.21. The fourth-order valence-corrected chi connectivity index (χ4v) is 3.73. The van der Waals surface area contributed by atoms with E-state index in [0.29, 0.717) is 12.6 Å². The van der Waals surface area contributed by atoms with Crippen molar-refractivity contribution in [2.24, 2.45) is 0 Å². The predicted molar refractivity (Wildman–Crippen MR) is 96.4 cm³/mol. The Morgan fingerprint density at radius 2 is 2.17 bits per heavy atom. The third kappa shape index (κ3) is 6.24. The van der Waals surface area contributed by atoms with E-state index in [1.54, 1.807) is 0 Å². The maximum Gasteiger partial charge on any atom is 0.407 e. The first-order chi connectivity index (χ1) is 10.8. The number of nitrogens with one attached hydrogen (secondary N) is 2. The summed E-state index contributed by atoms with van der Waals surface area (Å²) in [5, 5.41) is 7.12. The highest BCUT2D eigenvalue weighted by molar-refractivity contribution is 7.99. The first-order valence-corrected chi connectivity index (χ1v) is 9.34. The van der Waals surface area contributed by atoms with Gasteiger partial charge in [0.05, 0.1) is 0 Å². The first kappa shape index (κ1) is 18.4. The minimum absolute atomic E-state index is 0.339. The molecule has 0 saturated heterocycles. The molecule has 1 unspecified atom stereocenters. The molecule has 23 heavy (non-hydrogen) atoms. The van der Waals surface area contributed by atoms with Crippen LogP contribution in [0.25, 0.3) is 0 Å². The van der Waals surface area contributed by atoms with E-state index in [1.807, 2.05) is 38.6 Å². The van der Waals surface area contributed by atoms with Gasteiger partial charge in [-0.3, -0.25) is 0 Å². The number of rotatable bonds is 5. The smallest absolute Gasteiger partial charge is 0.407 e. The minimum Gasteiger partial charge on any atom is -0.444 e. The van der Waals surface area contributed by atoms with Crippen LogP contribution in [0.2, 0.25) is 5.02 Å². The second-order valence-corrected chi connectivity index (χ2v) is 8.18. The number of hydrogen-bond donors (Lipinski definition) is 2. The average molecular weight is 357 g/mol. The van der Waals surface area contributed by atoms with E-state index in [2.05, 4.69) is 22.8 Å². The molecule has 1 atom stereocenters. The average Bonchev–Trinajstić information content (AvgIpc) is 2.45. The van der Waals surface area contributed by atoms with E-state index < -0.39 is 5.60 Å². The van der Waals surface area contributed by atoms with Gasteiger partial charge in [-0.25, -0.2) is 4.79 Å². The monoisotopic (exact) mass is 356 g/mol. The number of hydrogen-bond acceptors (Lipinski definition) is 4. The number of amides is 1. The van der Waals surface area contributed by atoms with Crippen molar-refractivity contribution in [2.75, 3.05) is 18.8 Å². The van der Waals surface area contributed by atoms with E-state index in [4.69, 9.17) is 16.3 Å². The van der Waals surface area contributed by atoms with Gasteiger partial charge in [0.2, 0.25) is 0 Å². The van der Waals surface area contributed by atoms with Gasteiger partial charge in [-0.15, -0.1) is 11.8 Å². The topological polar surface area (TPSA) is 50.4 Å². The lowest BCUT2D eigenvalue weighted by Gasteiger charge is -2.26. The number of fused-ring (bicyclic) bond motifs is 1. The molecule has 2 rings (SSSR count). The molecule has 0 fully saturated rings. The van der Waals surface area contributed by atoms with Crippen LogP contribution < -0.4 is 10.6 Å². The van der Waals surface area contributed by atoms with Crippen LogP contribution >= 0.6 is 23.4 Å². The van der Waals surface area contributed by atoms with Gasteiger partial charge in [0, 0.05) is 22.5 Å². The van der Waals surface area contributed by atoms with Crippen LogP contribution in [0.1, 0.15) is 45.2 Å². The lowest BCUT2D eigenvalue weighted by atomic mass is 10.0. The Kier molecular flexibility index (Phi) is 6.62. The third-order valence-electron chi connectivity index (χ3n) is 3.42.